The van der Waals surface area contributed by atoms with E-state index >= 15 is 0 Å². The molecule has 37 heavy (non-hydrogen) atoms. The molecule has 3 heterocycles. The monoisotopic (exact) mass is 515 g/mol. The summed E-state index contributed by atoms with van der Waals surface area (Å²) >= 11 is 0. The van der Waals surface area contributed by atoms with E-state index in [-0.39, 0.29) is 11.0 Å². The van der Waals surface area contributed by atoms with Gasteiger partial charge in [0.05, 0.1) is 18.7 Å². The van der Waals surface area contributed by atoms with Gasteiger partial charge in [-0.15, -0.1) is 0 Å². The second-order valence-electron chi connectivity index (χ2n) is 11.6. The van der Waals surface area contributed by atoms with Crippen LogP contribution in [0.2, 0.25) is 18.1 Å². The van der Waals surface area contributed by atoms with Gasteiger partial charge in [-0.05, 0) is 48.3 Å². The maximum atomic E-state index is 13.2. The predicted molar refractivity (Wildman–Crippen MR) is 152 cm³/mol. The number of hydrogen-bond acceptors (Lipinski definition) is 5. The van der Waals surface area contributed by atoms with E-state index in [2.05, 4.69) is 80.3 Å². The Morgan fingerprint density at radius 2 is 1.86 bits per heavy atom. The van der Waals surface area contributed by atoms with Crippen LogP contribution in [0.1, 0.15) is 38.0 Å². The molecule has 0 radical (unpaired) electrons. The van der Waals surface area contributed by atoms with Crippen molar-refractivity contribution < 1.29 is 14.0 Å². The fourth-order valence-electron chi connectivity index (χ4n) is 5.00. The SMILES string of the molecule is COC(=O)[C@H]1CN(CCc2c[nH]c3ccccc23)c2nc3ccccc3cc2[C@H]1O[Si](C)(C)C(C)(C)C. The first-order chi connectivity index (χ1) is 17.6. The smallest absolute Gasteiger partial charge is 0.313 e. The van der Waals surface area contributed by atoms with Crippen LogP contribution >= 0.6 is 0 Å². The Hall–Kier alpha value is -3.16. The lowest BCUT2D eigenvalue weighted by Gasteiger charge is -2.45. The van der Waals surface area contributed by atoms with Crippen molar-refractivity contribution in [1.29, 1.82) is 0 Å². The van der Waals surface area contributed by atoms with Crippen molar-refractivity contribution in [3.05, 3.63) is 71.9 Å². The van der Waals surface area contributed by atoms with Crippen molar-refractivity contribution >= 4 is 41.9 Å². The van der Waals surface area contributed by atoms with Gasteiger partial charge >= 0.3 is 5.97 Å². The molecule has 6 nitrogen and oxygen atoms in total. The number of rotatable bonds is 6. The number of H-pyrrole nitrogens is 1. The van der Waals surface area contributed by atoms with E-state index in [0.717, 1.165) is 40.8 Å². The van der Waals surface area contributed by atoms with Crippen molar-refractivity contribution in [2.75, 3.05) is 25.1 Å². The number of ether oxygens (including phenoxy) is 1. The molecule has 1 N–H and O–H groups in total. The van der Waals surface area contributed by atoms with Crippen molar-refractivity contribution in [1.82, 2.24) is 9.97 Å². The number of carbonyl (C=O) groups excluding carboxylic acids is 1. The molecule has 0 bridgehead atoms. The van der Waals surface area contributed by atoms with Gasteiger partial charge in [-0.25, -0.2) is 4.98 Å². The molecule has 194 valence electrons. The third-order valence-corrected chi connectivity index (χ3v) is 12.6. The van der Waals surface area contributed by atoms with Crippen molar-refractivity contribution in [3.8, 4) is 0 Å². The first-order valence-corrected chi connectivity index (χ1v) is 15.9. The van der Waals surface area contributed by atoms with Crippen LogP contribution in [0.4, 0.5) is 5.82 Å². The molecule has 5 rings (SSSR count). The summed E-state index contributed by atoms with van der Waals surface area (Å²) in [6.45, 7) is 12.4. The number of esters is 1. The Balaban J connectivity index is 1.57. The van der Waals surface area contributed by atoms with Crippen LogP contribution in [0.5, 0.6) is 0 Å². The highest BCUT2D eigenvalue weighted by atomic mass is 28.4. The molecule has 1 aliphatic rings. The number of benzene rings is 2. The molecule has 0 saturated carbocycles. The summed E-state index contributed by atoms with van der Waals surface area (Å²) in [6.07, 6.45) is 2.52. The quantitative estimate of drug-likeness (QED) is 0.231. The van der Waals surface area contributed by atoms with Gasteiger partial charge in [-0.2, -0.15) is 0 Å². The summed E-state index contributed by atoms with van der Waals surface area (Å²) in [5.41, 5.74) is 4.31. The van der Waals surface area contributed by atoms with Gasteiger partial charge in [0.2, 0.25) is 0 Å². The number of fused-ring (bicyclic) bond motifs is 3. The third kappa shape index (κ3) is 4.78. The minimum absolute atomic E-state index is 0.00455. The average molecular weight is 516 g/mol. The molecule has 7 heteroatoms. The number of aromatic amines is 1. The molecule has 2 aromatic carbocycles. The van der Waals surface area contributed by atoms with Gasteiger partial charge in [0.25, 0.3) is 0 Å². The van der Waals surface area contributed by atoms with Crippen LogP contribution in [0.15, 0.2) is 60.8 Å². The number of carbonyl (C=O) groups is 1. The highest BCUT2D eigenvalue weighted by molar-refractivity contribution is 6.74. The van der Waals surface area contributed by atoms with Crippen molar-refractivity contribution in [2.24, 2.45) is 5.92 Å². The molecule has 0 saturated heterocycles. The fourth-order valence-corrected chi connectivity index (χ4v) is 6.28. The molecular weight excluding hydrogens is 478 g/mol. The summed E-state index contributed by atoms with van der Waals surface area (Å²) in [6, 6.07) is 18.7. The molecule has 0 amide bonds. The fraction of sp³-hybridized carbons (Fsp3) is 0.400. The van der Waals surface area contributed by atoms with Crippen LogP contribution in [0, 0.1) is 5.92 Å². The molecule has 2 atom stereocenters. The largest absolute Gasteiger partial charge is 0.469 e. The molecule has 0 aliphatic carbocycles. The molecular formula is C30H37N3O3Si. The number of methoxy groups -OCH3 is 1. The summed E-state index contributed by atoms with van der Waals surface area (Å²) in [5, 5.41) is 2.28. The number of aromatic nitrogens is 2. The Bertz CT molecular complexity index is 1440. The van der Waals surface area contributed by atoms with E-state index < -0.39 is 20.3 Å². The van der Waals surface area contributed by atoms with Gasteiger partial charge in [-0.1, -0.05) is 57.2 Å². The van der Waals surface area contributed by atoms with Crippen LogP contribution in [0.25, 0.3) is 21.8 Å². The summed E-state index contributed by atoms with van der Waals surface area (Å²) in [4.78, 5) is 23.9. The van der Waals surface area contributed by atoms with Gasteiger partial charge in [0.15, 0.2) is 8.32 Å². The molecule has 0 fully saturated rings. The number of nitrogens with zero attached hydrogens (tertiary/aromatic N) is 2. The molecule has 0 spiro atoms. The Morgan fingerprint density at radius 3 is 2.62 bits per heavy atom. The van der Waals surface area contributed by atoms with Crippen LogP contribution in [-0.4, -0.2) is 44.5 Å². The van der Waals surface area contributed by atoms with Crippen molar-refractivity contribution in [2.45, 2.75) is 51.4 Å². The molecule has 4 aromatic rings. The highest BCUT2D eigenvalue weighted by Gasteiger charge is 2.46. The molecule has 2 aromatic heterocycles. The van der Waals surface area contributed by atoms with Gasteiger partial charge < -0.3 is 19.0 Å². The van der Waals surface area contributed by atoms with E-state index in [0.29, 0.717) is 6.54 Å². The minimum atomic E-state index is -2.20. The molecule has 1 aliphatic heterocycles. The normalized spacial score (nSPS) is 18.3. The second-order valence-corrected chi connectivity index (χ2v) is 16.3. The topological polar surface area (TPSA) is 67.5 Å². The lowest BCUT2D eigenvalue weighted by atomic mass is 9.90. The van der Waals surface area contributed by atoms with E-state index in [4.69, 9.17) is 14.1 Å². The summed E-state index contributed by atoms with van der Waals surface area (Å²) in [5.74, 6) is 0.236. The zero-order valence-corrected chi connectivity index (χ0v) is 23.7. The summed E-state index contributed by atoms with van der Waals surface area (Å²) < 4.78 is 12.3. The highest BCUT2D eigenvalue weighted by Crippen LogP contribution is 2.46. The summed E-state index contributed by atoms with van der Waals surface area (Å²) in [7, 11) is -0.733. The first-order valence-electron chi connectivity index (χ1n) is 13.0. The molecule has 0 unspecified atom stereocenters. The van der Waals surface area contributed by atoms with Crippen LogP contribution < -0.4 is 4.90 Å². The van der Waals surface area contributed by atoms with E-state index in [1.807, 2.05) is 24.3 Å². The Labute approximate surface area is 220 Å². The predicted octanol–water partition coefficient (Wildman–Crippen LogP) is 6.63. The number of pyridine rings is 1. The Morgan fingerprint density at radius 1 is 1.14 bits per heavy atom. The second kappa shape index (κ2) is 9.61. The average Bonchev–Trinajstić information content (AvgIpc) is 3.29. The lowest BCUT2D eigenvalue weighted by molar-refractivity contribution is -0.149. The lowest BCUT2D eigenvalue weighted by Crippen LogP contribution is -2.49. The van der Waals surface area contributed by atoms with Crippen molar-refractivity contribution in [3.63, 3.8) is 0 Å². The number of nitrogens with one attached hydrogen (secondary N) is 1. The standard InChI is InChI=1S/C30H37N3O3Si/c1-30(2,3)37(5,6)36-27-23-17-20-11-7-9-13-25(20)32-28(23)33(19-24(27)29(34)35-4)16-15-21-18-31-26-14-10-8-12-22(21)26/h7-14,17-18,24,27,31H,15-16,19H2,1-6H3/t24-,27+/m0/s1. The maximum Gasteiger partial charge on any atom is 0.313 e. The number of anilines is 1. The zero-order valence-electron chi connectivity index (χ0n) is 22.7. The van der Waals surface area contributed by atoms with Gasteiger partial charge in [0.1, 0.15) is 11.7 Å². The third-order valence-electron chi connectivity index (χ3n) is 8.18. The number of hydrogen-bond donors (Lipinski definition) is 1. The van der Waals surface area contributed by atoms with Crippen LogP contribution in [0.3, 0.4) is 0 Å². The Kier molecular flexibility index (Phi) is 6.62. The van der Waals surface area contributed by atoms with E-state index in [9.17, 15) is 4.79 Å². The van der Waals surface area contributed by atoms with Gasteiger partial charge in [0, 0.05) is 41.1 Å². The van der Waals surface area contributed by atoms with E-state index in [1.54, 1.807) is 0 Å². The minimum Gasteiger partial charge on any atom is -0.469 e. The van der Waals surface area contributed by atoms with E-state index in [1.165, 1.54) is 18.1 Å². The first kappa shape index (κ1) is 25.5. The zero-order chi connectivity index (χ0) is 26.4. The van der Waals surface area contributed by atoms with Gasteiger partial charge in [-0.3, -0.25) is 4.79 Å². The number of para-hydroxylation sites is 2. The maximum absolute atomic E-state index is 13.2. The van der Waals surface area contributed by atoms with Crippen LogP contribution in [-0.2, 0) is 20.4 Å².